The maximum absolute atomic E-state index is 12.2. The molecule has 1 fully saturated rings. The second-order valence-corrected chi connectivity index (χ2v) is 8.69. The van der Waals surface area contributed by atoms with Crippen molar-refractivity contribution < 1.29 is 9.53 Å². The maximum Gasteiger partial charge on any atom is 0.410 e. The molecule has 0 saturated carbocycles. The first kappa shape index (κ1) is 18.5. The fourth-order valence-corrected chi connectivity index (χ4v) is 3.75. The van der Waals surface area contributed by atoms with Crippen molar-refractivity contribution in [3.05, 3.63) is 28.1 Å². The van der Waals surface area contributed by atoms with E-state index in [0.29, 0.717) is 11.1 Å². The van der Waals surface area contributed by atoms with Crippen molar-refractivity contribution in [2.75, 3.05) is 13.1 Å². The van der Waals surface area contributed by atoms with Crippen LogP contribution < -0.4 is 0 Å². The van der Waals surface area contributed by atoms with E-state index in [4.69, 9.17) is 16.3 Å². The highest BCUT2D eigenvalue weighted by Gasteiger charge is 2.27. The number of rotatable bonds is 2. The van der Waals surface area contributed by atoms with Crippen molar-refractivity contribution in [1.82, 2.24) is 14.5 Å². The lowest BCUT2D eigenvalue weighted by molar-refractivity contribution is 0.0178. The predicted octanol–water partition coefficient (Wildman–Crippen LogP) is 5.10. The van der Waals surface area contributed by atoms with E-state index in [1.165, 1.54) is 0 Å². The van der Waals surface area contributed by atoms with Gasteiger partial charge in [0.2, 0.25) is 0 Å². The van der Waals surface area contributed by atoms with Gasteiger partial charge in [0.1, 0.15) is 10.8 Å². The topological polar surface area (TPSA) is 47.4 Å². The van der Waals surface area contributed by atoms with Crippen LogP contribution >= 0.6 is 27.5 Å². The minimum absolute atomic E-state index is 0.208. The zero-order chi connectivity index (χ0) is 18.2. The third-order valence-corrected chi connectivity index (χ3v) is 5.76. The van der Waals surface area contributed by atoms with Crippen molar-refractivity contribution in [1.29, 1.82) is 0 Å². The van der Waals surface area contributed by atoms with E-state index >= 15 is 0 Å². The van der Waals surface area contributed by atoms with Crippen molar-refractivity contribution in [2.24, 2.45) is 5.92 Å². The standard InChI is InChI=1S/C18H23BrClN3O2/c1-18(2,3)25-17(24)22-7-4-12(5-8-22)11-23-9-6-13-14(23)10-21-16(20)15(13)19/h6,9-10,12H,4-5,7-8,11H2,1-3H3. The number of carbonyl (C=O) groups excluding carboxylic acids is 1. The minimum atomic E-state index is -0.445. The number of piperidine rings is 1. The van der Waals surface area contributed by atoms with Crippen LogP contribution in [0.15, 0.2) is 22.9 Å². The van der Waals surface area contributed by atoms with Gasteiger partial charge in [-0.05, 0) is 61.5 Å². The summed E-state index contributed by atoms with van der Waals surface area (Å²) in [6, 6.07) is 2.06. The first-order valence-electron chi connectivity index (χ1n) is 8.51. The highest BCUT2D eigenvalue weighted by molar-refractivity contribution is 9.10. The van der Waals surface area contributed by atoms with Crippen LogP contribution in [0.2, 0.25) is 5.15 Å². The number of hydrogen-bond donors (Lipinski definition) is 0. The molecule has 0 bridgehead atoms. The number of hydrogen-bond acceptors (Lipinski definition) is 3. The molecular formula is C18H23BrClN3O2. The molecule has 3 heterocycles. The lowest BCUT2D eigenvalue weighted by Gasteiger charge is -2.33. The molecule has 2 aromatic heterocycles. The van der Waals surface area contributed by atoms with Crippen LogP contribution in [0.5, 0.6) is 0 Å². The maximum atomic E-state index is 12.2. The number of ether oxygens (including phenoxy) is 1. The van der Waals surface area contributed by atoms with E-state index in [2.05, 4.69) is 37.7 Å². The van der Waals surface area contributed by atoms with Crippen molar-refractivity contribution in [2.45, 2.75) is 45.8 Å². The van der Waals surface area contributed by atoms with E-state index < -0.39 is 5.60 Å². The molecule has 0 spiro atoms. The molecule has 136 valence electrons. The van der Waals surface area contributed by atoms with Gasteiger partial charge in [-0.15, -0.1) is 0 Å². The molecule has 1 saturated heterocycles. The molecule has 0 unspecified atom stereocenters. The van der Waals surface area contributed by atoms with Gasteiger partial charge in [0.25, 0.3) is 0 Å². The number of likely N-dealkylation sites (tertiary alicyclic amines) is 1. The Morgan fingerprint density at radius 2 is 2.08 bits per heavy atom. The summed E-state index contributed by atoms with van der Waals surface area (Å²) in [6.45, 7) is 8.09. The summed E-state index contributed by atoms with van der Waals surface area (Å²) < 4.78 is 8.51. The average molecular weight is 429 g/mol. The van der Waals surface area contributed by atoms with E-state index in [1.54, 1.807) is 0 Å². The van der Waals surface area contributed by atoms with Gasteiger partial charge in [-0.1, -0.05) is 11.6 Å². The number of aromatic nitrogens is 2. The lowest BCUT2D eigenvalue weighted by Crippen LogP contribution is -2.42. The summed E-state index contributed by atoms with van der Waals surface area (Å²) in [7, 11) is 0. The Hall–Kier alpha value is -1.27. The monoisotopic (exact) mass is 427 g/mol. The van der Waals surface area contributed by atoms with Gasteiger partial charge >= 0.3 is 6.09 Å². The zero-order valence-electron chi connectivity index (χ0n) is 14.8. The Balaban J connectivity index is 1.61. The molecule has 2 aromatic rings. The summed E-state index contributed by atoms with van der Waals surface area (Å²) in [5.74, 6) is 0.531. The molecule has 5 nitrogen and oxygen atoms in total. The van der Waals surface area contributed by atoms with Gasteiger partial charge < -0.3 is 14.2 Å². The fraction of sp³-hybridized carbons (Fsp3) is 0.556. The summed E-state index contributed by atoms with van der Waals surface area (Å²) >= 11 is 9.56. The average Bonchev–Trinajstić information content (AvgIpc) is 2.93. The number of pyridine rings is 1. The van der Waals surface area contributed by atoms with Crippen LogP contribution in [0.25, 0.3) is 10.9 Å². The van der Waals surface area contributed by atoms with Crippen LogP contribution in [0.1, 0.15) is 33.6 Å². The second kappa shape index (κ2) is 7.16. The van der Waals surface area contributed by atoms with Gasteiger partial charge in [-0.3, -0.25) is 0 Å². The molecule has 7 heteroatoms. The normalized spacial score (nSPS) is 16.4. The van der Waals surface area contributed by atoms with Gasteiger partial charge in [-0.25, -0.2) is 9.78 Å². The lowest BCUT2D eigenvalue weighted by atomic mass is 9.97. The van der Waals surface area contributed by atoms with E-state index in [1.807, 2.05) is 31.9 Å². The zero-order valence-corrected chi connectivity index (χ0v) is 17.1. The largest absolute Gasteiger partial charge is 0.444 e. The molecule has 1 aliphatic rings. The van der Waals surface area contributed by atoms with E-state index in [9.17, 15) is 4.79 Å². The quantitative estimate of drug-likeness (QED) is 0.625. The van der Waals surface area contributed by atoms with Crippen LogP contribution in [-0.2, 0) is 11.3 Å². The summed E-state index contributed by atoms with van der Waals surface area (Å²) in [5, 5.41) is 1.56. The minimum Gasteiger partial charge on any atom is -0.444 e. The molecule has 0 aliphatic carbocycles. The third-order valence-electron chi connectivity index (χ3n) is 4.45. The second-order valence-electron chi connectivity index (χ2n) is 7.54. The molecule has 0 radical (unpaired) electrons. The summed E-state index contributed by atoms with van der Waals surface area (Å²) in [5.41, 5.74) is 0.630. The molecule has 1 aliphatic heterocycles. The molecule has 0 N–H and O–H groups in total. The SMILES string of the molecule is CC(C)(C)OC(=O)N1CCC(Cn2ccc3c(Br)c(Cl)ncc32)CC1. The van der Waals surface area contributed by atoms with Gasteiger partial charge in [-0.2, -0.15) is 0 Å². The number of halogens is 2. The van der Waals surface area contributed by atoms with Gasteiger partial charge in [0.05, 0.1) is 16.2 Å². The highest BCUT2D eigenvalue weighted by atomic mass is 79.9. The third kappa shape index (κ3) is 4.29. The number of carbonyl (C=O) groups is 1. The Morgan fingerprint density at radius 3 is 2.72 bits per heavy atom. The molecule has 3 rings (SSSR count). The predicted molar refractivity (Wildman–Crippen MR) is 103 cm³/mol. The Bertz CT molecular complexity index is 776. The van der Waals surface area contributed by atoms with Gasteiger partial charge in [0, 0.05) is 31.2 Å². The summed E-state index contributed by atoms with van der Waals surface area (Å²) in [4.78, 5) is 18.2. The fourth-order valence-electron chi connectivity index (χ4n) is 3.16. The van der Waals surface area contributed by atoms with Crippen molar-refractivity contribution in [3.8, 4) is 0 Å². The summed E-state index contributed by atoms with van der Waals surface area (Å²) in [6.07, 6.45) is 5.63. The van der Waals surface area contributed by atoms with Crippen LogP contribution in [-0.4, -0.2) is 39.2 Å². The number of amides is 1. The smallest absolute Gasteiger partial charge is 0.410 e. The van der Waals surface area contributed by atoms with Crippen LogP contribution in [0.4, 0.5) is 4.79 Å². The molecule has 25 heavy (non-hydrogen) atoms. The number of fused-ring (bicyclic) bond motifs is 1. The van der Waals surface area contributed by atoms with Crippen molar-refractivity contribution >= 4 is 44.5 Å². The van der Waals surface area contributed by atoms with E-state index in [-0.39, 0.29) is 6.09 Å². The Morgan fingerprint density at radius 1 is 1.40 bits per heavy atom. The molecule has 1 amide bonds. The molecule has 0 aromatic carbocycles. The molecular weight excluding hydrogens is 406 g/mol. The Kier molecular flexibility index (Phi) is 5.30. The first-order valence-corrected chi connectivity index (χ1v) is 9.68. The molecule has 0 atom stereocenters. The van der Waals surface area contributed by atoms with Gasteiger partial charge in [0.15, 0.2) is 0 Å². The van der Waals surface area contributed by atoms with Crippen molar-refractivity contribution in [3.63, 3.8) is 0 Å². The van der Waals surface area contributed by atoms with Crippen LogP contribution in [0.3, 0.4) is 0 Å². The van der Waals surface area contributed by atoms with Crippen LogP contribution in [0, 0.1) is 5.92 Å². The highest BCUT2D eigenvalue weighted by Crippen LogP contribution is 2.31. The van der Waals surface area contributed by atoms with E-state index in [0.717, 1.165) is 47.9 Å². The Labute approximate surface area is 161 Å². The number of nitrogens with zero attached hydrogens (tertiary/aromatic N) is 3. The first-order chi connectivity index (χ1) is 11.7.